The SMILES string of the molecule is CS(=O)(=O)N(CC(=O)N(Cc1ccc2c(c1)OCO2)Cc1cccs1)CC1CCCO1. The van der Waals surface area contributed by atoms with E-state index in [1.165, 1.54) is 4.31 Å². The Labute approximate surface area is 186 Å². The molecule has 0 N–H and O–H groups in total. The molecule has 2 aliphatic heterocycles. The number of hydrogen-bond donors (Lipinski definition) is 0. The summed E-state index contributed by atoms with van der Waals surface area (Å²) in [5, 5.41) is 1.96. The van der Waals surface area contributed by atoms with E-state index < -0.39 is 10.0 Å². The molecule has 1 aromatic heterocycles. The zero-order valence-corrected chi connectivity index (χ0v) is 19.0. The van der Waals surface area contributed by atoms with Gasteiger partial charge >= 0.3 is 0 Å². The minimum absolute atomic E-state index is 0.165. The Hall–Kier alpha value is -2.14. The molecule has 2 aromatic rings. The summed E-state index contributed by atoms with van der Waals surface area (Å²) in [6.07, 6.45) is 2.68. The first-order valence-electron chi connectivity index (χ1n) is 10.1. The fraction of sp³-hybridized carbons (Fsp3) is 0.476. The number of rotatable bonds is 9. The van der Waals surface area contributed by atoms with Gasteiger partial charge in [-0.3, -0.25) is 4.79 Å². The topological polar surface area (TPSA) is 85.4 Å². The van der Waals surface area contributed by atoms with Crippen molar-refractivity contribution >= 4 is 27.3 Å². The highest BCUT2D eigenvalue weighted by atomic mass is 32.2. The van der Waals surface area contributed by atoms with Gasteiger partial charge < -0.3 is 19.1 Å². The highest BCUT2D eigenvalue weighted by molar-refractivity contribution is 7.88. The smallest absolute Gasteiger partial charge is 0.238 e. The van der Waals surface area contributed by atoms with E-state index in [0.717, 1.165) is 29.5 Å². The van der Waals surface area contributed by atoms with Crippen LogP contribution in [0.2, 0.25) is 0 Å². The van der Waals surface area contributed by atoms with E-state index in [1.807, 2.05) is 35.7 Å². The van der Waals surface area contributed by atoms with Crippen molar-refractivity contribution in [2.45, 2.75) is 32.0 Å². The molecule has 10 heteroatoms. The van der Waals surface area contributed by atoms with Crippen molar-refractivity contribution in [2.24, 2.45) is 0 Å². The first kappa shape index (κ1) is 22.1. The summed E-state index contributed by atoms with van der Waals surface area (Å²) in [6, 6.07) is 9.47. The Morgan fingerprint density at radius 2 is 2.03 bits per heavy atom. The molecule has 1 saturated heterocycles. The summed E-state index contributed by atoms with van der Waals surface area (Å²) in [7, 11) is -3.55. The second kappa shape index (κ2) is 9.56. The molecule has 0 saturated carbocycles. The Balaban J connectivity index is 1.51. The van der Waals surface area contributed by atoms with Gasteiger partial charge in [0.05, 0.1) is 25.4 Å². The summed E-state index contributed by atoms with van der Waals surface area (Å²) < 4.78 is 42.3. The molecule has 1 amide bonds. The van der Waals surface area contributed by atoms with Gasteiger partial charge in [0, 0.05) is 24.6 Å². The van der Waals surface area contributed by atoms with E-state index in [9.17, 15) is 13.2 Å². The number of benzene rings is 1. The molecular formula is C21H26N2O6S2. The van der Waals surface area contributed by atoms with Crippen LogP contribution in [0.1, 0.15) is 23.3 Å². The first-order chi connectivity index (χ1) is 14.9. The fourth-order valence-electron chi connectivity index (χ4n) is 3.67. The predicted molar refractivity (Wildman–Crippen MR) is 117 cm³/mol. The van der Waals surface area contributed by atoms with Crippen LogP contribution in [0.25, 0.3) is 0 Å². The summed E-state index contributed by atoms with van der Waals surface area (Å²) in [5.41, 5.74) is 0.888. The molecule has 31 heavy (non-hydrogen) atoms. The number of ether oxygens (including phenoxy) is 3. The molecule has 0 bridgehead atoms. The van der Waals surface area contributed by atoms with Crippen LogP contribution >= 0.6 is 11.3 Å². The molecule has 3 heterocycles. The van der Waals surface area contributed by atoms with Gasteiger partial charge in [-0.2, -0.15) is 4.31 Å². The number of sulfonamides is 1. The molecule has 1 atom stereocenters. The molecule has 8 nitrogen and oxygen atoms in total. The van der Waals surface area contributed by atoms with E-state index in [0.29, 0.717) is 31.2 Å². The highest BCUT2D eigenvalue weighted by Gasteiger charge is 2.28. The third kappa shape index (κ3) is 5.76. The van der Waals surface area contributed by atoms with Gasteiger partial charge in [0.2, 0.25) is 22.7 Å². The van der Waals surface area contributed by atoms with Crippen LogP contribution in [0, 0.1) is 0 Å². The van der Waals surface area contributed by atoms with Crippen LogP contribution in [0.4, 0.5) is 0 Å². The molecule has 0 radical (unpaired) electrons. The van der Waals surface area contributed by atoms with Crippen molar-refractivity contribution in [2.75, 3.05) is 32.7 Å². The van der Waals surface area contributed by atoms with Gasteiger partial charge in [0.15, 0.2) is 11.5 Å². The average Bonchev–Trinajstić information content (AvgIpc) is 3.48. The van der Waals surface area contributed by atoms with Crippen molar-refractivity contribution in [3.63, 3.8) is 0 Å². The zero-order valence-electron chi connectivity index (χ0n) is 17.4. The molecule has 4 rings (SSSR count). The minimum atomic E-state index is -3.55. The maximum Gasteiger partial charge on any atom is 0.238 e. The van der Waals surface area contributed by atoms with Crippen molar-refractivity contribution in [1.29, 1.82) is 0 Å². The summed E-state index contributed by atoms with van der Waals surface area (Å²) in [5.74, 6) is 1.08. The maximum atomic E-state index is 13.3. The zero-order chi connectivity index (χ0) is 21.8. The van der Waals surface area contributed by atoms with Crippen LogP contribution in [0.15, 0.2) is 35.7 Å². The lowest BCUT2D eigenvalue weighted by Crippen LogP contribution is -2.44. The number of carbonyl (C=O) groups is 1. The minimum Gasteiger partial charge on any atom is -0.454 e. The van der Waals surface area contributed by atoms with E-state index in [2.05, 4.69) is 0 Å². The Bertz CT molecular complexity index is 1000. The van der Waals surface area contributed by atoms with E-state index in [1.54, 1.807) is 16.2 Å². The van der Waals surface area contributed by atoms with Gasteiger partial charge in [0.25, 0.3) is 0 Å². The normalized spacial score (nSPS) is 17.9. The molecule has 168 valence electrons. The van der Waals surface area contributed by atoms with Crippen LogP contribution in [0.3, 0.4) is 0 Å². The molecule has 0 spiro atoms. The molecule has 0 aliphatic carbocycles. The Morgan fingerprint density at radius 1 is 1.19 bits per heavy atom. The van der Waals surface area contributed by atoms with Gasteiger partial charge in [-0.05, 0) is 42.0 Å². The lowest BCUT2D eigenvalue weighted by Gasteiger charge is -2.27. The second-order valence-electron chi connectivity index (χ2n) is 7.71. The standard InChI is InChI=1S/C21H26N2O6S2/c1-31(25,26)23(12-17-4-2-8-27-17)14-21(24)22(13-18-5-3-9-30-18)11-16-6-7-19-20(10-16)29-15-28-19/h3,5-7,9-10,17H,2,4,8,11-15H2,1H3. The average molecular weight is 467 g/mol. The maximum absolute atomic E-state index is 13.3. The van der Waals surface area contributed by atoms with Crippen LogP contribution < -0.4 is 9.47 Å². The molecule has 1 aromatic carbocycles. The Morgan fingerprint density at radius 3 is 2.74 bits per heavy atom. The Kier molecular flexibility index (Phi) is 6.80. The van der Waals surface area contributed by atoms with Gasteiger partial charge in [0.1, 0.15) is 0 Å². The largest absolute Gasteiger partial charge is 0.454 e. The number of fused-ring (bicyclic) bond motifs is 1. The van der Waals surface area contributed by atoms with Crippen molar-refractivity contribution < 1.29 is 27.4 Å². The van der Waals surface area contributed by atoms with Crippen LogP contribution in [-0.4, -0.2) is 62.4 Å². The van der Waals surface area contributed by atoms with Gasteiger partial charge in [-0.15, -0.1) is 11.3 Å². The van der Waals surface area contributed by atoms with Crippen molar-refractivity contribution in [1.82, 2.24) is 9.21 Å². The van der Waals surface area contributed by atoms with Gasteiger partial charge in [-0.25, -0.2) is 8.42 Å². The first-order valence-corrected chi connectivity index (χ1v) is 12.9. The van der Waals surface area contributed by atoms with E-state index in [4.69, 9.17) is 14.2 Å². The highest BCUT2D eigenvalue weighted by Crippen LogP contribution is 2.33. The number of hydrogen-bond acceptors (Lipinski definition) is 7. The molecular weight excluding hydrogens is 440 g/mol. The van der Waals surface area contributed by atoms with E-state index >= 15 is 0 Å². The van der Waals surface area contributed by atoms with Crippen LogP contribution in [-0.2, 0) is 32.6 Å². The third-order valence-electron chi connectivity index (χ3n) is 5.30. The van der Waals surface area contributed by atoms with E-state index in [-0.39, 0.29) is 31.9 Å². The second-order valence-corrected chi connectivity index (χ2v) is 10.7. The predicted octanol–water partition coefficient (Wildman–Crippen LogP) is 2.45. The van der Waals surface area contributed by atoms with Crippen LogP contribution in [0.5, 0.6) is 11.5 Å². The molecule has 1 unspecified atom stereocenters. The summed E-state index contributed by atoms with van der Waals surface area (Å²) in [6.45, 7) is 1.54. The number of amides is 1. The number of nitrogens with zero attached hydrogens (tertiary/aromatic N) is 2. The van der Waals surface area contributed by atoms with Gasteiger partial charge in [-0.1, -0.05) is 12.1 Å². The fourth-order valence-corrected chi connectivity index (χ4v) is 5.17. The lowest BCUT2D eigenvalue weighted by atomic mass is 10.2. The van der Waals surface area contributed by atoms with Crippen molar-refractivity contribution in [3.8, 4) is 11.5 Å². The van der Waals surface area contributed by atoms with Crippen molar-refractivity contribution in [3.05, 3.63) is 46.2 Å². The quantitative estimate of drug-likeness (QED) is 0.564. The number of carbonyl (C=O) groups excluding carboxylic acids is 1. The molecule has 2 aliphatic rings. The summed E-state index contributed by atoms with van der Waals surface area (Å²) in [4.78, 5) is 16.0. The lowest BCUT2D eigenvalue weighted by molar-refractivity contribution is -0.132. The molecule has 1 fully saturated rings. The third-order valence-corrected chi connectivity index (χ3v) is 7.38. The number of thiophene rings is 1. The monoisotopic (exact) mass is 466 g/mol. The summed E-state index contributed by atoms with van der Waals surface area (Å²) >= 11 is 1.56.